The molecular formula is C31H52O3. The first kappa shape index (κ1) is 25.3. The number of hydrogen-bond acceptors (Lipinski definition) is 3. The van der Waals surface area contributed by atoms with Crippen LogP contribution in [0.4, 0.5) is 0 Å². The lowest BCUT2D eigenvalue weighted by atomic mass is 9.33. The summed E-state index contributed by atoms with van der Waals surface area (Å²) in [6, 6.07) is 0. The van der Waals surface area contributed by atoms with Crippen LogP contribution in [0.1, 0.15) is 106 Å². The second-order valence-corrected chi connectivity index (χ2v) is 15.5. The molecule has 0 aliphatic heterocycles. The summed E-state index contributed by atoms with van der Waals surface area (Å²) < 4.78 is 0. The summed E-state index contributed by atoms with van der Waals surface area (Å²) in [5, 5.41) is 31.8. The van der Waals surface area contributed by atoms with Crippen LogP contribution in [-0.2, 0) is 0 Å². The number of rotatable bonds is 2. The van der Waals surface area contributed by atoms with Crippen LogP contribution in [0.3, 0.4) is 0 Å². The Morgan fingerprint density at radius 2 is 1.53 bits per heavy atom. The van der Waals surface area contributed by atoms with E-state index < -0.39 is 0 Å². The molecule has 0 bridgehead atoms. The van der Waals surface area contributed by atoms with Gasteiger partial charge >= 0.3 is 0 Å². The number of aliphatic hydroxyl groups is 3. The highest BCUT2D eigenvalue weighted by Gasteiger charge is 2.68. The van der Waals surface area contributed by atoms with E-state index in [1.165, 1.54) is 25.7 Å². The van der Waals surface area contributed by atoms with Gasteiger partial charge < -0.3 is 15.3 Å². The van der Waals surface area contributed by atoms with Gasteiger partial charge in [-0.2, -0.15) is 0 Å². The standard InChI is InChI=1S/C31H52O3/c1-26(2)16-20(18-32)27(3)14-15-30(6)21(22(27)17-26)8-9-24-28(4)12-11-25(34)29(5,19-33)23(28)10-13-31(24,30)7/h8,20,22-25,32-34H,9-19H2,1-7H3/t20-,22-,23+,24+,25-,27-,28-,29+,30+,31+/m0/s1. The van der Waals surface area contributed by atoms with Gasteiger partial charge in [0.05, 0.1) is 12.7 Å². The molecule has 5 aliphatic carbocycles. The molecule has 0 aromatic carbocycles. The topological polar surface area (TPSA) is 60.7 Å². The monoisotopic (exact) mass is 472 g/mol. The van der Waals surface area contributed by atoms with Crippen LogP contribution < -0.4 is 0 Å². The largest absolute Gasteiger partial charge is 0.396 e. The minimum absolute atomic E-state index is 0.0915. The quantitative estimate of drug-likeness (QED) is 0.410. The highest BCUT2D eigenvalue weighted by Crippen LogP contribution is 2.76. The zero-order valence-corrected chi connectivity index (χ0v) is 23.1. The fraction of sp³-hybridized carbons (Fsp3) is 0.935. The van der Waals surface area contributed by atoms with Crippen LogP contribution >= 0.6 is 0 Å². The zero-order chi connectivity index (χ0) is 24.9. The van der Waals surface area contributed by atoms with Crippen molar-refractivity contribution in [2.45, 2.75) is 112 Å². The van der Waals surface area contributed by atoms with Crippen LogP contribution in [0.5, 0.6) is 0 Å². The van der Waals surface area contributed by atoms with Gasteiger partial charge in [-0.3, -0.25) is 0 Å². The van der Waals surface area contributed by atoms with E-state index in [9.17, 15) is 15.3 Å². The summed E-state index contributed by atoms with van der Waals surface area (Å²) in [7, 11) is 0. The predicted octanol–water partition coefficient (Wildman–Crippen LogP) is 6.36. The van der Waals surface area contributed by atoms with Gasteiger partial charge in [-0.1, -0.05) is 60.1 Å². The molecule has 0 spiro atoms. The van der Waals surface area contributed by atoms with Crippen molar-refractivity contribution in [3.05, 3.63) is 11.6 Å². The number of allylic oxidation sites excluding steroid dienone is 2. The van der Waals surface area contributed by atoms with Crippen molar-refractivity contribution < 1.29 is 15.3 Å². The second kappa shape index (κ2) is 7.57. The third-order valence-corrected chi connectivity index (χ3v) is 13.7. The molecule has 10 atom stereocenters. The first-order valence-corrected chi connectivity index (χ1v) is 14.3. The van der Waals surface area contributed by atoms with Gasteiger partial charge in [0.2, 0.25) is 0 Å². The second-order valence-electron chi connectivity index (χ2n) is 15.5. The van der Waals surface area contributed by atoms with E-state index >= 15 is 0 Å². The molecule has 0 unspecified atom stereocenters. The average Bonchev–Trinajstić information content (AvgIpc) is 2.77. The Balaban J connectivity index is 1.58. The van der Waals surface area contributed by atoms with E-state index in [2.05, 4.69) is 54.5 Å². The van der Waals surface area contributed by atoms with Crippen LogP contribution in [0.15, 0.2) is 11.6 Å². The van der Waals surface area contributed by atoms with E-state index in [0.717, 1.165) is 32.1 Å². The molecule has 0 aromatic rings. The van der Waals surface area contributed by atoms with Gasteiger partial charge in [-0.25, -0.2) is 0 Å². The molecule has 3 N–H and O–H groups in total. The lowest BCUT2D eigenvalue weighted by molar-refractivity contribution is -0.217. The maximum atomic E-state index is 10.9. The van der Waals surface area contributed by atoms with Crippen LogP contribution in [-0.4, -0.2) is 34.6 Å². The smallest absolute Gasteiger partial charge is 0.0618 e. The first-order chi connectivity index (χ1) is 15.7. The Bertz CT molecular complexity index is 863. The third-order valence-electron chi connectivity index (χ3n) is 13.7. The SMILES string of the molecule is CC1(C)C[C@@H](CO)[C@]2(C)CC[C@]3(C)C(=CC[C@@H]4[C@@]5(C)CC[C@H](O)[C@](C)(CO)[C@@H]5CC[C@]43C)[C@@H]2C1. The maximum absolute atomic E-state index is 10.9. The third kappa shape index (κ3) is 2.99. The van der Waals surface area contributed by atoms with E-state index in [1.54, 1.807) is 5.57 Å². The molecule has 0 heterocycles. The van der Waals surface area contributed by atoms with Gasteiger partial charge in [0.15, 0.2) is 0 Å². The Hall–Kier alpha value is -0.380. The normalized spacial score (nSPS) is 56.4. The maximum Gasteiger partial charge on any atom is 0.0618 e. The summed E-state index contributed by atoms with van der Waals surface area (Å²) in [4.78, 5) is 0. The number of hydrogen-bond donors (Lipinski definition) is 3. The van der Waals surface area contributed by atoms with Crippen molar-refractivity contribution in [3.63, 3.8) is 0 Å². The van der Waals surface area contributed by atoms with E-state index in [4.69, 9.17) is 0 Å². The molecule has 4 saturated carbocycles. The van der Waals surface area contributed by atoms with E-state index in [1.807, 2.05) is 0 Å². The van der Waals surface area contributed by atoms with Crippen molar-refractivity contribution in [1.29, 1.82) is 0 Å². The zero-order valence-electron chi connectivity index (χ0n) is 23.1. The number of aliphatic hydroxyl groups excluding tert-OH is 3. The van der Waals surface area contributed by atoms with Crippen molar-refractivity contribution in [2.75, 3.05) is 13.2 Å². The minimum Gasteiger partial charge on any atom is -0.396 e. The van der Waals surface area contributed by atoms with E-state index in [0.29, 0.717) is 30.3 Å². The molecule has 194 valence electrons. The van der Waals surface area contributed by atoms with Crippen molar-refractivity contribution in [2.24, 2.45) is 56.2 Å². The van der Waals surface area contributed by atoms with Gasteiger partial charge in [-0.15, -0.1) is 0 Å². The number of fused-ring (bicyclic) bond motifs is 7. The summed E-state index contributed by atoms with van der Waals surface area (Å²) >= 11 is 0. The Morgan fingerprint density at radius 1 is 0.824 bits per heavy atom. The molecule has 0 saturated heterocycles. The Labute approximate surface area is 208 Å². The van der Waals surface area contributed by atoms with E-state index in [-0.39, 0.29) is 45.2 Å². The van der Waals surface area contributed by atoms with Crippen molar-refractivity contribution in [1.82, 2.24) is 0 Å². The molecular weight excluding hydrogens is 420 g/mol. The van der Waals surface area contributed by atoms with Gasteiger partial charge in [0.1, 0.15) is 0 Å². The predicted molar refractivity (Wildman–Crippen MR) is 138 cm³/mol. The molecule has 5 rings (SSSR count). The Morgan fingerprint density at radius 3 is 2.18 bits per heavy atom. The first-order valence-electron chi connectivity index (χ1n) is 14.3. The summed E-state index contributed by atoms with van der Waals surface area (Å²) in [6.45, 7) is 17.6. The lowest BCUT2D eigenvalue weighted by Gasteiger charge is -2.72. The average molecular weight is 473 g/mol. The molecule has 0 aromatic heterocycles. The highest BCUT2D eigenvalue weighted by molar-refractivity contribution is 5.34. The molecule has 3 nitrogen and oxygen atoms in total. The van der Waals surface area contributed by atoms with Crippen molar-refractivity contribution >= 4 is 0 Å². The van der Waals surface area contributed by atoms with Crippen LogP contribution in [0.2, 0.25) is 0 Å². The van der Waals surface area contributed by atoms with Crippen LogP contribution in [0.25, 0.3) is 0 Å². The fourth-order valence-electron chi connectivity index (χ4n) is 11.2. The molecule has 4 fully saturated rings. The molecule has 0 amide bonds. The van der Waals surface area contributed by atoms with Crippen molar-refractivity contribution in [3.8, 4) is 0 Å². The van der Waals surface area contributed by atoms with Gasteiger partial charge in [0.25, 0.3) is 0 Å². The summed E-state index contributed by atoms with van der Waals surface area (Å²) in [6.07, 6.45) is 12.5. The van der Waals surface area contributed by atoms with Crippen LogP contribution in [0, 0.1) is 56.2 Å². The fourth-order valence-corrected chi connectivity index (χ4v) is 11.2. The summed E-state index contributed by atoms with van der Waals surface area (Å²) in [5.41, 5.74) is 2.45. The van der Waals surface area contributed by atoms with Gasteiger partial charge in [-0.05, 0) is 109 Å². The lowest BCUT2D eigenvalue weighted by Crippen LogP contribution is -2.65. The molecule has 0 radical (unpaired) electrons. The summed E-state index contributed by atoms with van der Waals surface area (Å²) in [5.74, 6) is 1.95. The molecule has 3 heteroatoms. The minimum atomic E-state index is -0.388. The molecule has 34 heavy (non-hydrogen) atoms. The molecule has 5 aliphatic rings. The highest BCUT2D eigenvalue weighted by atomic mass is 16.3. The van der Waals surface area contributed by atoms with Gasteiger partial charge in [0, 0.05) is 12.0 Å². The Kier molecular flexibility index (Phi) is 5.63.